The third kappa shape index (κ3) is 3.58. The predicted octanol–water partition coefficient (Wildman–Crippen LogP) is 2.54. The molecule has 1 aliphatic heterocycles. The predicted molar refractivity (Wildman–Crippen MR) is 113 cm³/mol. The number of aromatic nitrogens is 1. The zero-order valence-corrected chi connectivity index (χ0v) is 17.1. The van der Waals surface area contributed by atoms with Crippen LogP contribution in [-0.2, 0) is 24.3 Å². The van der Waals surface area contributed by atoms with Crippen LogP contribution < -0.4 is 10.9 Å². The van der Waals surface area contributed by atoms with Crippen molar-refractivity contribution in [1.29, 1.82) is 0 Å². The Kier molecular flexibility index (Phi) is 4.96. The van der Waals surface area contributed by atoms with Crippen molar-refractivity contribution in [3.8, 4) is 0 Å². The molecule has 2 heterocycles. The van der Waals surface area contributed by atoms with Crippen molar-refractivity contribution in [2.75, 3.05) is 6.54 Å². The maximum atomic E-state index is 13.8. The molecule has 2 aromatic rings. The van der Waals surface area contributed by atoms with Crippen LogP contribution in [0.2, 0.25) is 0 Å². The number of amides is 2. The molecule has 6 nitrogen and oxygen atoms in total. The largest absolute Gasteiger partial charge is 0.348 e. The molecule has 2 aliphatic carbocycles. The Balaban J connectivity index is 1.33. The summed E-state index contributed by atoms with van der Waals surface area (Å²) in [5.74, 6) is 0.143. The normalized spacial score (nSPS) is 23.6. The average Bonchev–Trinajstić information content (AvgIpc) is 3.41. The number of halogens is 1. The van der Waals surface area contributed by atoms with Crippen LogP contribution in [0.15, 0.2) is 47.4 Å². The van der Waals surface area contributed by atoms with Gasteiger partial charge in [0.2, 0.25) is 5.91 Å². The van der Waals surface area contributed by atoms with E-state index in [0.29, 0.717) is 42.5 Å². The first kappa shape index (κ1) is 19.7. The second-order valence-electron chi connectivity index (χ2n) is 8.67. The minimum atomic E-state index is -0.528. The molecule has 5 rings (SSSR count). The number of pyridine rings is 1. The Hall–Kier alpha value is -3.22. The fraction of sp³-hybridized carbons (Fsp3) is 0.375. The van der Waals surface area contributed by atoms with E-state index in [1.165, 1.54) is 6.07 Å². The molecular weight excluding hydrogens is 397 g/mol. The number of fused-ring (bicyclic) bond motifs is 3. The zero-order chi connectivity index (χ0) is 21.5. The van der Waals surface area contributed by atoms with Gasteiger partial charge >= 0.3 is 0 Å². The van der Waals surface area contributed by atoms with E-state index in [-0.39, 0.29) is 23.9 Å². The SMILES string of the molecule is O=C(NCc1ccccc1F)c1c2c(c[nH]c1=O)CN(C(=O)[C@@H]1C[C@@H]3C=C[C@H]1C3)CC2. The van der Waals surface area contributed by atoms with Crippen molar-refractivity contribution in [3.05, 3.63) is 81.0 Å². The van der Waals surface area contributed by atoms with Crippen LogP contribution in [0, 0.1) is 23.6 Å². The molecule has 1 saturated carbocycles. The fourth-order valence-corrected chi connectivity index (χ4v) is 5.20. The van der Waals surface area contributed by atoms with Crippen LogP contribution in [0.4, 0.5) is 4.39 Å². The van der Waals surface area contributed by atoms with Crippen LogP contribution in [-0.4, -0.2) is 28.2 Å². The lowest BCUT2D eigenvalue weighted by atomic mass is 9.90. The number of H-pyrrole nitrogens is 1. The van der Waals surface area contributed by atoms with Gasteiger partial charge in [0.15, 0.2) is 0 Å². The highest BCUT2D eigenvalue weighted by Gasteiger charge is 2.42. The van der Waals surface area contributed by atoms with Crippen molar-refractivity contribution in [2.24, 2.45) is 17.8 Å². The Labute approximate surface area is 179 Å². The average molecular weight is 421 g/mol. The van der Waals surface area contributed by atoms with Crippen molar-refractivity contribution in [2.45, 2.75) is 32.4 Å². The second kappa shape index (κ2) is 7.80. The highest BCUT2D eigenvalue weighted by Crippen LogP contribution is 2.44. The maximum Gasteiger partial charge on any atom is 0.261 e. The van der Waals surface area contributed by atoms with Crippen molar-refractivity contribution < 1.29 is 14.0 Å². The number of carbonyl (C=O) groups is 2. The third-order valence-electron chi connectivity index (χ3n) is 6.82. The summed E-state index contributed by atoms with van der Waals surface area (Å²) in [5, 5.41) is 2.66. The van der Waals surface area contributed by atoms with E-state index in [2.05, 4.69) is 22.5 Å². The lowest BCUT2D eigenvalue weighted by Crippen LogP contribution is -2.42. The van der Waals surface area contributed by atoms with Gasteiger partial charge in [-0.05, 0) is 48.3 Å². The van der Waals surface area contributed by atoms with Crippen molar-refractivity contribution in [3.63, 3.8) is 0 Å². The molecule has 160 valence electrons. The minimum Gasteiger partial charge on any atom is -0.348 e. The molecule has 3 atom stereocenters. The van der Waals surface area contributed by atoms with Gasteiger partial charge in [0.25, 0.3) is 11.5 Å². The lowest BCUT2D eigenvalue weighted by Gasteiger charge is -2.33. The van der Waals surface area contributed by atoms with Crippen LogP contribution in [0.25, 0.3) is 0 Å². The molecule has 1 fully saturated rings. The summed E-state index contributed by atoms with van der Waals surface area (Å²) in [4.78, 5) is 42.8. The lowest BCUT2D eigenvalue weighted by molar-refractivity contribution is -0.137. The summed E-state index contributed by atoms with van der Waals surface area (Å²) in [7, 11) is 0. The number of nitrogens with one attached hydrogen (secondary N) is 2. The number of rotatable bonds is 4. The highest BCUT2D eigenvalue weighted by atomic mass is 19.1. The molecule has 1 aromatic heterocycles. The molecule has 0 unspecified atom stereocenters. The Morgan fingerprint density at radius 2 is 2.03 bits per heavy atom. The van der Waals surface area contributed by atoms with Crippen molar-refractivity contribution in [1.82, 2.24) is 15.2 Å². The standard InChI is InChI=1S/C24H24FN3O3/c25-20-4-2-1-3-16(20)11-26-22(29)21-18-7-8-28(13-17(18)12-27-23(21)30)24(31)19-10-14-5-6-15(19)9-14/h1-6,12,14-15,19H,7-11,13H2,(H,26,29)(H,27,30)/t14-,15+,19-/m1/s1. The molecule has 0 saturated heterocycles. The van der Waals surface area contributed by atoms with Gasteiger partial charge in [0.1, 0.15) is 11.4 Å². The molecule has 2 amide bonds. The summed E-state index contributed by atoms with van der Waals surface area (Å²) in [5.41, 5.74) is 1.40. The monoisotopic (exact) mass is 421 g/mol. The van der Waals surface area contributed by atoms with Crippen molar-refractivity contribution >= 4 is 11.8 Å². The van der Waals surface area contributed by atoms with Gasteiger partial charge in [0, 0.05) is 37.3 Å². The van der Waals surface area contributed by atoms with Gasteiger partial charge in [-0.1, -0.05) is 30.4 Å². The van der Waals surface area contributed by atoms with Gasteiger partial charge < -0.3 is 15.2 Å². The van der Waals surface area contributed by atoms with Crippen LogP contribution in [0.3, 0.4) is 0 Å². The summed E-state index contributed by atoms with van der Waals surface area (Å²) >= 11 is 0. The molecule has 2 bridgehead atoms. The molecule has 1 aromatic carbocycles. The van der Waals surface area contributed by atoms with E-state index in [4.69, 9.17) is 0 Å². The molecule has 31 heavy (non-hydrogen) atoms. The van der Waals surface area contributed by atoms with E-state index in [9.17, 15) is 18.8 Å². The molecular formula is C24H24FN3O3. The number of allylic oxidation sites excluding steroid dienone is 2. The van der Waals surface area contributed by atoms with Crippen LogP contribution in [0.1, 0.15) is 39.9 Å². The summed E-state index contributed by atoms with van der Waals surface area (Å²) in [6.45, 7) is 0.869. The number of hydrogen-bond donors (Lipinski definition) is 2. The van der Waals surface area contributed by atoms with Gasteiger partial charge in [-0.2, -0.15) is 0 Å². The quantitative estimate of drug-likeness (QED) is 0.745. The Morgan fingerprint density at radius 1 is 1.19 bits per heavy atom. The van der Waals surface area contributed by atoms with Gasteiger partial charge in [0.05, 0.1) is 0 Å². The fourth-order valence-electron chi connectivity index (χ4n) is 5.20. The number of benzene rings is 1. The van der Waals surface area contributed by atoms with E-state index >= 15 is 0 Å². The molecule has 3 aliphatic rings. The molecule has 7 heteroatoms. The van der Waals surface area contributed by atoms with Crippen LogP contribution >= 0.6 is 0 Å². The number of nitrogens with zero attached hydrogens (tertiary/aromatic N) is 1. The smallest absolute Gasteiger partial charge is 0.261 e. The summed E-state index contributed by atoms with van der Waals surface area (Å²) in [6, 6.07) is 6.20. The first-order valence-corrected chi connectivity index (χ1v) is 10.7. The maximum absolute atomic E-state index is 13.8. The van der Waals surface area contributed by atoms with E-state index in [1.807, 2.05) is 4.90 Å². The number of hydrogen-bond acceptors (Lipinski definition) is 3. The van der Waals surface area contributed by atoms with Crippen LogP contribution in [0.5, 0.6) is 0 Å². The molecule has 0 spiro atoms. The first-order chi connectivity index (χ1) is 15.0. The van der Waals surface area contributed by atoms with Gasteiger partial charge in [-0.25, -0.2) is 4.39 Å². The Bertz CT molecular complexity index is 1140. The zero-order valence-electron chi connectivity index (χ0n) is 17.1. The molecule has 2 N–H and O–H groups in total. The number of carbonyl (C=O) groups excluding carboxylic acids is 2. The minimum absolute atomic E-state index is 0.00300. The van der Waals surface area contributed by atoms with E-state index in [0.717, 1.165) is 18.4 Å². The summed E-state index contributed by atoms with van der Waals surface area (Å²) < 4.78 is 13.8. The van der Waals surface area contributed by atoms with E-state index in [1.54, 1.807) is 24.4 Å². The first-order valence-electron chi connectivity index (χ1n) is 10.7. The Morgan fingerprint density at radius 3 is 2.77 bits per heavy atom. The van der Waals surface area contributed by atoms with Gasteiger partial charge in [-0.3, -0.25) is 14.4 Å². The number of aromatic amines is 1. The topological polar surface area (TPSA) is 82.3 Å². The molecule has 0 radical (unpaired) electrons. The third-order valence-corrected chi connectivity index (χ3v) is 6.82. The summed E-state index contributed by atoms with van der Waals surface area (Å²) in [6.07, 6.45) is 8.43. The highest BCUT2D eigenvalue weighted by molar-refractivity contribution is 5.95. The van der Waals surface area contributed by atoms with E-state index < -0.39 is 17.3 Å². The second-order valence-corrected chi connectivity index (χ2v) is 8.67. The van der Waals surface area contributed by atoms with Gasteiger partial charge in [-0.15, -0.1) is 0 Å².